The lowest BCUT2D eigenvalue weighted by Gasteiger charge is -2.26. The van der Waals surface area contributed by atoms with Crippen molar-refractivity contribution in [2.45, 2.75) is 6.42 Å². The molecular formula is C21H21N3OS. The summed E-state index contributed by atoms with van der Waals surface area (Å²) < 4.78 is 0. The highest BCUT2D eigenvalue weighted by Gasteiger charge is 2.14. The van der Waals surface area contributed by atoms with Crippen LogP contribution in [-0.2, 0) is 6.42 Å². The Hall–Kier alpha value is -2.50. The smallest absolute Gasteiger partial charge is 0.193 e. The molecule has 4 rings (SSSR count). The van der Waals surface area contributed by atoms with E-state index in [4.69, 9.17) is 4.98 Å². The van der Waals surface area contributed by atoms with E-state index in [0.717, 1.165) is 54.6 Å². The van der Waals surface area contributed by atoms with Gasteiger partial charge in [0.25, 0.3) is 0 Å². The fourth-order valence-corrected chi connectivity index (χ4v) is 4.00. The average molecular weight is 363 g/mol. The standard InChI is InChI=1S/C21H21N3OS/c25-20(17-4-2-1-3-5-17)18-8-6-16(7-9-18)14-19-15-26-21(23-19)24-12-10-22-11-13-24/h1-9,15,22H,10-14H2. The highest BCUT2D eigenvalue weighted by atomic mass is 32.1. The Kier molecular flexibility index (Phi) is 5.09. The van der Waals surface area contributed by atoms with Crippen molar-refractivity contribution in [2.24, 2.45) is 0 Å². The Morgan fingerprint density at radius 3 is 2.42 bits per heavy atom. The Morgan fingerprint density at radius 1 is 1.00 bits per heavy atom. The number of rotatable bonds is 5. The summed E-state index contributed by atoms with van der Waals surface area (Å²) in [4.78, 5) is 19.6. The average Bonchev–Trinajstić information content (AvgIpc) is 3.18. The Bertz CT molecular complexity index is 868. The lowest BCUT2D eigenvalue weighted by Crippen LogP contribution is -2.43. The van der Waals surface area contributed by atoms with Gasteiger partial charge in [-0.05, 0) is 5.56 Å². The predicted molar refractivity (Wildman–Crippen MR) is 106 cm³/mol. The van der Waals surface area contributed by atoms with E-state index in [2.05, 4.69) is 15.6 Å². The van der Waals surface area contributed by atoms with Crippen molar-refractivity contribution < 1.29 is 4.79 Å². The molecule has 1 aromatic heterocycles. The molecular weight excluding hydrogens is 342 g/mol. The van der Waals surface area contributed by atoms with E-state index in [9.17, 15) is 4.79 Å². The van der Waals surface area contributed by atoms with Gasteiger partial charge < -0.3 is 10.2 Å². The number of carbonyl (C=O) groups excluding carboxylic acids is 1. The zero-order valence-electron chi connectivity index (χ0n) is 14.5. The Morgan fingerprint density at radius 2 is 1.69 bits per heavy atom. The van der Waals surface area contributed by atoms with Crippen LogP contribution in [0.4, 0.5) is 5.13 Å². The molecule has 132 valence electrons. The first-order valence-electron chi connectivity index (χ1n) is 8.88. The van der Waals surface area contributed by atoms with Crippen molar-refractivity contribution >= 4 is 22.3 Å². The topological polar surface area (TPSA) is 45.2 Å². The molecule has 1 fully saturated rings. The molecule has 3 aromatic rings. The maximum atomic E-state index is 12.5. The molecule has 1 saturated heterocycles. The molecule has 0 unspecified atom stereocenters. The number of anilines is 1. The third kappa shape index (κ3) is 3.84. The van der Waals surface area contributed by atoms with Gasteiger partial charge in [0.2, 0.25) is 0 Å². The van der Waals surface area contributed by atoms with Crippen LogP contribution in [0.25, 0.3) is 0 Å². The van der Waals surface area contributed by atoms with Crippen LogP contribution in [0.15, 0.2) is 60.0 Å². The normalized spacial score (nSPS) is 14.4. The van der Waals surface area contributed by atoms with Crippen LogP contribution in [0.3, 0.4) is 0 Å². The van der Waals surface area contributed by atoms with Crippen LogP contribution >= 0.6 is 11.3 Å². The van der Waals surface area contributed by atoms with Crippen molar-refractivity contribution in [3.05, 3.63) is 82.4 Å². The minimum atomic E-state index is 0.0619. The molecule has 0 amide bonds. The molecule has 26 heavy (non-hydrogen) atoms. The number of aromatic nitrogens is 1. The lowest BCUT2D eigenvalue weighted by atomic mass is 10.0. The lowest BCUT2D eigenvalue weighted by molar-refractivity contribution is 0.103. The van der Waals surface area contributed by atoms with E-state index in [1.165, 1.54) is 5.56 Å². The first-order chi connectivity index (χ1) is 12.8. The number of thiazole rings is 1. The van der Waals surface area contributed by atoms with Gasteiger partial charge in [-0.1, -0.05) is 54.6 Å². The fraction of sp³-hybridized carbons (Fsp3) is 0.238. The second-order valence-electron chi connectivity index (χ2n) is 6.43. The number of carbonyl (C=O) groups is 1. The van der Waals surface area contributed by atoms with E-state index in [-0.39, 0.29) is 5.78 Å². The van der Waals surface area contributed by atoms with E-state index >= 15 is 0 Å². The molecule has 0 aliphatic carbocycles. The van der Waals surface area contributed by atoms with Crippen LogP contribution in [0.5, 0.6) is 0 Å². The van der Waals surface area contributed by atoms with E-state index in [0.29, 0.717) is 0 Å². The largest absolute Gasteiger partial charge is 0.346 e. The van der Waals surface area contributed by atoms with Crippen LogP contribution < -0.4 is 10.2 Å². The Balaban J connectivity index is 1.43. The number of ketones is 1. The number of benzene rings is 2. The monoisotopic (exact) mass is 363 g/mol. The first-order valence-corrected chi connectivity index (χ1v) is 9.76. The molecule has 5 heteroatoms. The SMILES string of the molecule is O=C(c1ccccc1)c1ccc(Cc2csc(N3CCNCC3)n2)cc1. The summed E-state index contributed by atoms with van der Waals surface area (Å²) in [5.74, 6) is 0.0619. The summed E-state index contributed by atoms with van der Waals surface area (Å²) >= 11 is 1.71. The van der Waals surface area contributed by atoms with E-state index < -0.39 is 0 Å². The van der Waals surface area contributed by atoms with Gasteiger partial charge in [0.1, 0.15) is 0 Å². The van der Waals surface area contributed by atoms with Gasteiger partial charge in [-0.3, -0.25) is 4.79 Å². The van der Waals surface area contributed by atoms with Gasteiger partial charge >= 0.3 is 0 Å². The Labute approximate surface area is 157 Å². The predicted octanol–water partition coefficient (Wildman–Crippen LogP) is 3.37. The summed E-state index contributed by atoms with van der Waals surface area (Å²) in [5, 5.41) is 6.61. The number of hydrogen-bond acceptors (Lipinski definition) is 5. The highest BCUT2D eigenvalue weighted by Crippen LogP contribution is 2.23. The van der Waals surface area contributed by atoms with E-state index in [1.807, 2.05) is 54.6 Å². The quantitative estimate of drug-likeness (QED) is 0.706. The van der Waals surface area contributed by atoms with Crippen molar-refractivity contribution in [3.63, 3.8) is 0 Å². The van der Waals surface area contributed by atoms with Crippen molar-refractivity contribution in [1.29, 1.82) is 0 Å². The summed E-state index contributed by atoms with van der Waals surface area (Å²) in [6.07, 6.45) is 0.794. The summed E-state index contributed by atoms with van der Waals surface area (Å²) in [6, 6.07) is 17.3. The molecule has 0 radical (unpaired) electrons. The molecule has 0 bridgehead atoms. The number of piperazine rings is 1. The molecule has 4 nitrogen and oxygen atoms in total. The zero-order valence-corrected chi connectivity index (χ0v) is 15.3. The molecule has 1 N–H and O–H groups in total. The van der Waals surface area contributed by atoms with Gasteiger partial charge in [-0.25, -0.2) is 4.98 Å². The molecule has 0 saturated carbocycles. The third-order valence-electron chi connectivity index (χ3n) is 4.56. The van der Waals surface area contributed by atoms with Crippen molar-refractivity contribution in [1.82, 2.24) is 10.3 Å². The van der Waals surface area contributed by atoms with Crippen molar-refractivity contribution in [2.75, 3.05) is 31.1 Å². The van der Waals surface area contributed by atoms with Crippen LogP contribution in [0.2, 0.25) is 0 Å². The van der Waals surface area contributed by atoms with E-state index in [1.54, 1.807) is 11.3 Å². The molecule has 1 aliphatic rings. The minimum Gasteiger partial charge on any atom is -0.346 e. The van der Waals surface area contributed by atoms with Crippen LogP contribution in [0.1, 0.15) is 27.2 Å². The first kappa shape index (κ1) is 16.9. The summed E-state index contributed by atoms with van der Waals surface area (Å²) in [6.45, 7) is 4.07. The molecule has 2 heterocycles. The molecule has 2 aromatic carbocycles. The molecule has 0 spiro atoms. The van der Waals surface area contributed by atoms with Crippen LogP contribution in [0, 0.1) is 0 Å². The highest BCUT2D eigenvalue weighted by molar-refractivity contribution is 7.13. The third-order valence-corrected chi connectivity index (χ3v) is 5.51. The fourth-order valence-electron chi connectivity index (χ4n) is 3.12. The second kappa shape index (κ2) is 7.81. The second-order valence-corrected chi connectivity index (χ2v) is 7.26. The molecule has 1 aliphatic heterocycles. The van der Waals surface area contributed by atoms with Crippen LogP contribution in [-0.4, -0.2) is 36.9 Å². The van der Waals surface area contributed by atoms with Gasteiger partial charge in [0.05, 0.1) is 5.69 Å². The van der Waals surface area contributed by atoms with Crippen molar-refractivity contribution in [3.8, 4) is 0 Å². The number of hydrogen-bond donors (Lipinski definition) is 1. The maximum Gasteiger partial charge on any atom is 0.193 e. The number of nitrogens with zero attached hydrogens (tertiary/aromatic N) is 2. The van der Waals surface area contributed by atoms with Gasteiger partial charge in [-0.15, -0.1) is 11.3 Å². The minimum absolute atomic E-state index is 0.0619. The van der Waals surface area contributed by atoms with Gasteiger partial charge in [0.15, 0.2) is 10.9 Å². The summed E-state index contributed by atoms with van der Waals surface area (Å²) in [5.41, 5.74) is 3.71. The van der Waals surface area contributed by atoms with Gasteiger partial charge in [-0.2, -0.15) is 0 Å². The van der Waals surface area contributed by atoms with Gasteiger partial charge in [0, 0.05) is 49.1 Å². The number of nitrogens with one attached hydrogen (secondary N) is 1. The zero-order chi connectivity index (χ0) is 17.8. The summed E-state index contributed by atoms with van der Waals surface area (Å²) in [7, 11) is 0. The maximum absolute atomic E-state index is 12.5. The molecule has 0 atom stereocenters.